The third-order valence-corrected chi connectivity index (χ3v) is 5.75. The lowest BCUT2D eigenvalue weighted by Crippen LogP contribution is -2.50. The van der Waals surface area contributed by atoms with Gasteiger partial charge in [0.15, 0.2) is 0 Å². The van der Waals surface area contributed by atoms with E-state index in [2.05, 4.69) is 5.32 Å². The lowest BCUT2D eigenvalue weighted by Gasteiger charge is -2.29. The normalized spacial score (nSPS) is 11.9. The number of nitrogens with zero attached hydrogens (tertiary/aromatic N) is 1. The van der Waals surface area contributed by atoms with Crippen LogP contribution in [0.4, 0.5) is 0 Å². The summed E-state index contributed by atoms with van der Waals surface area (Å²) in [6.07, 6.45) is 1.09. The maximum atomic E-state index is 13.0. The number of hydrogen-bond acceptors (Lipinski definition) is 3. The average molecular weight is 433 g/mol. The largest absolute Gasteiger partial charge is 0.352 e. The molecule has 0 aromatic heterocycles. The standard InChI is InChI=1S/C23H29ClN2O2S/c1-17(2)25-23(28)18(3)26(15-13-19-7-5-4-6-8-19)22(27)14-16-29-21-11-9-20(24)10-12-21/h4-12,17-18H,13-16H2,1-3H3,(H,25,28)/t18-/m1/s1. The highest BCUT2D eigenvalue weighted by molar-refractivity contribution is 7.99. The van der Waals surface area contributed by atoms with Crippen molar-refractivity contribution in [3.63, 3.8) is 0 Å². The second kappa shape index (κ2) is 11.9. The van der Waals surface area contributed by atoms with Gasteiger partial charge in [-0.3, -0.25) is 9.59 Å². The first kappa shape index (κ1) is 23.3. The van der Waals surface area contributed by atoms with Crippen molar-refractivity contribution < 1.29 is 9.59 Å². The van der Waals surface area contributed by atoms with E-state index in [0.717, 1.165) is 16.9 Å². The maximum Gasteiger partial charge on any atom is 0.242 e. The molecule has 0 aliphatic heterocycles. The minimum absolute atomic E-state index is 0.00574. The molecule has 0 spiro atoms. The molecule has 0 saturated carbocycles. The van der Waals surface area contributed by atoms with Crippen LogP contribution < -0.4 is 5.32 Å². The van der Waals surface area contributed by atoms with E-state index in [-0.39, 0.29) is 17.9 Å². The molecule has 2 rings (SSSR count). The zero-order chi connectivity index (χ0) is 21.2. The number of benzene rings is 2. The van der Waals surface area contributed by atoms with Gasteiger partial charge in [-0.1, -0.05) is 41.9 Å². The highest BCUT2D eigenvalue weighted by Gasteiger charge is 2.25. The molecular formula is C23H29ClN2O2S. The van der Waals surface area contributed by atoms with Crippen LogP contribution in [0.1, 0.15) is 32.8 Å². The highest BCUT2D eigenvalue weighted by atomic mass is 35.5. The van der Waals surface area contributed by atoms with E-state index < -0.39 is 6.04 Å². The fraction of sp³-hybridized carbons (Fsp3) is 0.391. The second-order valence-corrected chi connectivity index (χ2v) is 8.82. The number of halogens is 1. The Morgan fingerprint density at radius 2 is 1.69 bits per heavy atom. The van der Waals surface area contributed by atoms with Gasteiger partial charge in [-0.15, -0.1) is 11.8 Å². The van der Waals surface area contributed by atoms with Crippen LogP contribution in [0.25, 0.3) is 0 Å². The van der Waals surface area contributed by atoms with E-state index in [1.807, 2.05) is 68.4 Å². The zero-order valence-corrected chi connectivity index (χ0v) is 18.8. The van der Waals surface area contributed by atoms with E-state index in [1.54, 1.807) is 23.6 Å². The lowest BCUT2D eigenvalue weighted by atomic mass is 10.1. The Bertz CT molecular complexity index is 781. The van der Waals surface area contributed by atoms with Crippen LogP contribution in [0.15, 0.2) is 59.5 Å². The van der Waals surface area contributed by atoms with Gasteiger partial charge in [-0.05, 0) is 57.0 Å². The van der Waals surface area contributed by atoms with Crippen molar-refractivity contribution in [2.75, 3.05) is 12.3 Å². The van der Waals surface area contributed by atoms with Crippen molar-refractivity contribution in [3.05, 3.63) is 65.2 Å². The van der Waals surface area contributed by atoms with Crippen molar-refractivity contribution >= 4 is 35.2 Å². The van der Waals surface area contributed by atoms with Crippen LogP contribution in [0.2, 0.25) is 5.02 Å². The van der Waals surface area contributed by atoms with Gasteiger partial charge in [-0.25, -0.2) is 0 Å². The van der Waals surface area contributed by atoms with E-state index in [9.17, 15) is 9.59 Å². The Balaban J connectivity index is 1.98. The third-order valence-electron chi connectivity index (χ3n) is 4.48. The summed E-state index contributed by atoms with van der Waals surface area (Å²) in [6, 6.07) is 17.1. The zero-order valence-electron chi connectivity index (χ0n) is 17.2. The summed E-state index contributed by atoms with van der Waals surface area (Å²) in [4.78, 5) is 28.2. The molecule has 2 aromatic rings. The summed E-state index contributed by atoms with van der Waals surface area (Å²) in [5.41, 5.74) is 1.15. The Kier molecular flexibility index (Phi) is 9.55. The molecule has 0 saturated heterocycles. The molecule has 0 radical (unpaired) electrons. The van der Waals surface area contributed by atoms with Gasteiger partial charge in [0.1, 0.15) is 6.04 Å². The molecular weight excluding hydrogens is 404 g/mol. The molecule has 1 atom stereocenters. The number of thioether (sulfide) groups is 1. The van der Waals surface area contributed by atoms with Crippen molar-refractivity contribution in [3.8, 4) is 0 Å². The van der Waals surface area contributed by atoms with Crippen molar-refractivity contribution in [1.82, 2.24) is 10.2 Å². The molecule has 0 aliphatic rings. The fourth-order valence-electron chi connectivity index (χ4n) is 2.91. The lowest BCUT2D eigenvalue weighted by molar-refractivity contribution is -0.139. The van der Waals surface area contributed by atoms with E-state index in [4.69, 9.17) is 11.6 Å². The van der Waals surface area contributed by atoms with E-state index in [0.29, 0.717) is 23.7 Å². The number of hydrogen-bond donors (Lipinski definition) is 1. The number of nitrogens with one attached hydrogen (secondary N) is 1. The Hall–Kier alpha value is -1.98. The topological polar surface area (TPSA) is 49.4 Å². The predicted octanol–water partition coefficient (Wildman–Crippen LogP) is 4.81. The number of carbonyl (C=O) groups is 2. The maximum absolute atomic E-state index is 13.0. The van der Waals surface area contributed by atoms with Gasteiger partial charge in [0.25, 0.3) is 0 Å². The average Bonchev–Trinajstić information content (AvgIpc) is 2.69. The number of rotatable bonds is 10. The molecule has 0 heterocycles. The van der Waals surface area contributed by atoms with Gasteiger partial charge >= 0.3 is 0 Å². The van der Waals surface area contributed by atoms with Crippen LogP contribution in [0.5, 0.6) is 0 Å². The van der Waals surface area contributed by atoms with Crippen LogP contribution in [0, 0.1) is 0 Å². The van der Waals surface area contributed by atoms with Gasteiger partial charge < -0.3 is 10.2 Å². The van der Waals surface area contributed by atoms with Gasteiger partial charge in [0.2, 0.25) is 11.8 Å². The monoisotopic (exact) mass is 432 g/mol. The molecule has 4 nitrogen and oxygen atoms in total. The Morgan fingerprint density at radius 3 is 2.31 bits per heavy atom. The minimum atomic E-state index is -0.505. The fourth-order valence-corrected chi connectivity index (χ4v) is 3.87. The van der Waals surface area contributed by atoms with Gasteiger partial charge in [0.05, 0.1) is 0 Å². The molecule has 29 heavy (non-hydrogen) atoms. The Labute approximate surface area is 183 Å². The van der Waals surface area contributed by atoms with Crippen LogP contribution >= 0.6 is 23.4 Å². The van der Waals surface area contributed by atoms with Crippen molar-refractivity contribution in [2.24, 2.45) is 0 Å². The first-order valence-electron chi connectivity index (χ1n) is 9.89. The van der Waals surface area contributed by atoms with Crippen molar-refractivity contribution in [2.45, 2.75) is 50.6 Å². The SMILES string of the molecule is CC(C)NC(=O)[C@@H](C)N(CCc1ccccc1)C(=O)CCSc1ccc(Cl)cc1. The van der Waals surface area contributed by atoms with E-state index in [1.165, 1.54) is 0 Å². The summed E-state index contributed by atoms with van der Waals surface area (Å²) in [6.45, 7) is 6.15. The van der Waals surface area contributed by atoms with Crippen LogP contribution in [-0.2, 0) is 16.0 Å². The predicted molar refractivity (Wildman–Crippen MR) is 121 cm³/mol. The van der Waals surface area contributed by atoms with Crippen LogP contribution in [-0.4, -0.2) is 41.1 Å². The molecule has 0 bridgehead atoms. The number of amides is 2. The summed E-state index contributed by atoms with van der Waals surface area (Å²) in [5, 5.41) is 3.61. The van der Waals surface area contributed by atoms with Crippen molar-refractivity contribution in [1.29, 1.82) is 0 Å². The first-order chi connectivity index (χ1) is 13.9. The summed E-state index contributed by atoms with van der Waals surface area (Å²) in [7, 11) is 0. The molecule has 6 heteroatoms. The van der Waals surface area contributed by atoms with Crippen LogP contribution in [0.3, 0.4) is 0 Å². The van der Waals surface area contributed by atoms with Gasteiger partial charge in [0, 0.05) is 34.7 Å². The minimum Gasteiger partial charge on any atom is -0.352 e. The Morgan fingerprint density at radius 1 is 1.03 bits per heavy atom. The number of carbonyl (C=O) groups excluding carboxylic acids is 2. The van der Waals surface area contributed by atoms with E-state index >= 15 is 0 Å². The smallest absolute Gasteiger partial charge is 0.242 e. The molecule has 0 unspecified atom stereocenters. The van der Waals surface area contributed by atoms with Gasteiger partial charge in [-0.2, -0.15) is 0 Å². The second-order valence-electron chi connectivity index (χ2n) is 7.21. The molecule has 156 valence electrons. The summed E-state index contributed by atoms with van der Waals surface area (Å²) < 4.78 is 0. The molecule has 2 aromatic carbocycles. The summed E-state index contributed by atoms with van der Waals surface area (Å²) in [5.74, 6) is 0.529. The molecule has 1 N–H and O–H groups in total. The summed E-state index contributed by atoms with van der Waals surface area (Å²) >= 11 is 7.53. The molecule has 0 fully saturated rings. The molecule has 0 aliphatic carbocycles. The highest BCUT2D eigenvalue weighted by Crippen LogP contribution is 2.21. The quantitative estimate of drug-likeness (QED) is 0.548. The molecule has 2 amide bonds. The third kappa shape index (κ3) is 8.11. The first-order valence-corrected chi connectivity index (χ1v) is 11.3.